The maximum Gasteiger partial charge on any atom is 0.250 e. The van der Waals surface area contributed by atoms with Gasteiger partial charge in [0.2, 0.25) is 5.91 Å². The van der Waals surface area contributed by atoms with Crippen LogP contribution < -0.4 is 5.43 Å². The van der Waals surface area contributed by atoms with Crippen LogP contribution in [-0.4, -0.2) is 17.4 Å². The van der Waals surface area contributed by atoms with Gasteiger partial charge in [-0.05, 0) is 44.0 Å². The highest BCUT2D eigenvalue weighted by Gasteiger charge is 2.06. The Kier molecular flexibility index (Phi) is 6.88. The van der Waals surface area contributed by atoms with Crippen LogP contribution in [0.3, 0.4) is 0 Å². The van der Waals surface area contributed by atoms with Gasteiger partial charge in [-0.2, -0.15) is 5.10 Å². The molecule has 0 bridgehead atoms. The Balaban J connectivity index is 1.86. The Labute approximate surface area is 152 Å². The molecule has 1 N–H and O–H groups in total. The van der Waals surface area contributed by atoms with Crippen molar-refractivity contribution in [2.24, 2.45) is 5.10 Å². The minimum atomic E-state index is -0.114. The fourth-order valence-electron chi connectivity index (χ4n) is 2.23. The van der Waals surface area contributed by atoms with Crippen molar-refractivity contribution in [2.75, 3.05) is 5.75 Å². The molecule has 1 amide bonds. The number of amides is 1. The van der Waals surface area contributed by atoms with Gasteiger partial charge in [0.1, 0.15) is 0 Å². The number of rotatable bonds is 6. The van der Waals surface area contributed by atoms with E-state index >= 15 is 0 Å². The van der Waals surface area contributed by atoms with Crippen LogP contribution >= 0.6 is 23.4 Å². The van der Waals surface area contributed by atoms with Gasteiger partial charge in [0, 0.05) is 16.3 Å². The lowest BCUT2D eigenvalue weighted by Gasteiger charge is -2.07. The zero-order valence-corrected chi connectivity index (χ0v) is 15.7. The molecule has 2 aromatic rings. The van der Waals surface area contributed by atoms with Gasteiger partial charge in [-0.3, -0.25) is 4.79 Å². The first kappa shape index (κ1) is 18.6. The first-order valence-electron chi connectivity index (χ1n) is 7.69. The van der Waals surface area contributed by atoms with E-state index in [-0.39, 0.29) is 5.91 Å². The molecule has 2 aromatic carbocycles. The van der Waals surface area contributed by atoms with Crippen LogP contribution in [0, 0.1) is 13.8 Å². The van der Waals surface area contributed by atoms with Crippen molar-refractivity contribution in [1.29, 1.82) is 0 Å². The number of thioether (sulfide) groups is 1. The summed E-state index contributed by atoms with van der Waals surface area (Å²) in [6.45, 7) is 5.98. The maximum atomic E-state index is 11.9. The van der Waals surface area contributed by atoms with E-state index in [1.807, 2.05) is 45.0 Å². The van der Waals surface area contributed by atoms with Crippen LogP contribution in [0.25, 0.3) is 0 Å². The van der Waals surface area contributed by atoms with Gasteiger partial charge in [-0.15, -0.1) is 11.8 Å². The highest BCUT2D eigenvalue weighted by molar-refractivity contribution is 7.99. The van der Waals surface area contributed by atoms with Crippen molar-refractivity contribution in [2.45, 2.75) is 26.5 Å². The molecule has 0 atom stereocenters. The third-order valence-corrected chi connectivity index (χ3v) is 4.93. The van der Waals surface area contributed by atoms with Gasteiger partial charge in [-0.1, -0.05) is 47.5 Å². The van der Waals surface area contributed by atoms with Gasteiger partial charge in [-0.25, -0.2) is 5.43 Å². The number of halogens is 1. The van der Waals surface area contributed by atoms with Gasteiger partial charge in [0.05, 0.1) is 11.5 Å². The van der Waals surface area contributed by atoms with Crippen LogP contribution in [0.1, 0.15) is 29.2 Å². The van der Waals surface area contributed by atoms with E-state index in [4.69, 9.17) is 11.6 Å². The number of benzene rings is 2. The summed E-state index contributed by atoms with van der Waals surface area (Å²) in [6, 6.07) is 13.9. The molecule has 0 spiro atoms. The Morgan fingerprint density at radius 2 is 1.96 bits per heavy atom. The second-order valence-electron chi connectivity index (χ2n) is 5.63. The quantitative estimate of drug-likeness (QED) is 0.597. The molecule has 0 aliphatic heterocycles. The zero-order chi connectivity index (χ0) is 17.5. The number of carbonyl (C=O) groups is 1. The highest BCUT2D eigenvalue weighted by Crippen LogP contribution is 2.20. The number of hydrazone groups is 1. The van der Waals surface area contributed by atoms with Crippen molar-refractivity contribution in [3.8, 4) is 0 Å². The van der Waals surface area contributed by atoms with Crippen molar-refractivity contribution >= 4 is 35.0 Å². The molecule has 0 radical (unpaired) electrons. The summed E-state index contributed by atoms with van der Waals surface area (Å²) in [5.74, 6) is 0.929. The average molecular weight is 361 g/mol. The fourth-order valence-corrected chi connectivity index (χ4v) is 3.34. The first-order valence-corrected chi connectivity index (χ1v) is 9.22. The lowest BCUT2D eigenvalue weighted by molar-refractivity contribution is -0.118. The van der Waals surface area contributed by atoms with E-state index in [2.05, 4.69) is 28.7 Å². The summed E-state index contributed by atoms with van der Waals surface area (Å²) in [5.41, 5.74) is 7.83. The van der Waals surface area contributed by atoms with Crippen molar-refractivity contribution in [3.63, 3.8) is 0 Å². The van der Waals surface area contributed by atoms with Gasteiger partial charge < -0.3 is 0 Å². The lowest BCUT2D eigenvalue weighted by Crippen LogP contribution is -2.21. The summed E-state index contributed by atoms with van der Waals surface area (Å²) in [6.07, 6.45) is 0. The molecule has 0 heterocycles. The molecule has 5 heteroatoms. The number of hydrogen-bond donors (Lipinski definition) is 1. The number of carbonyl (C=O) groups excluding carboxylic acids is 1. The second-order valence-corrected chi connectivity index (χ2v) is 7.03. The Hall–Kier alpha value is -1.78. The topological polar surface area (TPSA) is 41.5 Å². The predicted octanol–water partition coefficient (Wildman–Crippen LogP) is 4.73. The highest BCUT2D eigenvalue weighted by atomic mass is 35.5. The van der Waals surface area contributed by atoms with E-state index in [0.29, 0.717) is 11.5 Å². The number of nitrogens with one attached hydrogen (secondary N) is 1. The van der Waals surface area contributed by atoms with Gasteiger partial charge in [0.25, 0.3) is 0 Å². The second kappa shape index (κ2) is 8.90. The third-order valence-electron chi connectivity index (χ3n) is 3.58. The Bertz CT molecular complexity index is 759. The van der Waals surface area contributed by atoms with Crippen LogP contribution in [0.2, 0.25) is 5.02 Å². The van der Waals surface area contributed by atoms with Crippen LogP contribution in [0.4, 0.5) is 0 Å². The van der Waals surface area contributed by atoms with Crippen molar-refractivity contribution in [1.82, 2.24) is 5.43 Å². The fraction of sp³-hybridized carbons (Fsp3) is 0.263. The molecular formula is C19H21ClN2OS. The molecule has 0 saturated heterocycles. The number of hydrogen-bond acceptors (Lipinski definition) is 3. The van der Waals surface area contributed by atoms with E-state index in [1.54, 1.807) is 0 Å². The summed E-state index contributed by atoms with van der Waals surface area (Å²) in [7, 11) is 0. The summed E-state index contributed by atoms with van der Waals surface area (Å²) in [5, 5.41) is 4.95. The van der Waals surface area contributed by atoms with Crippen LogP contribution in [0.15, 0.2) is 47.6 Å². The maximum absolute atomic E-state index is 11.9. The molecule has 0 unspecified atom stereocenters. The van der Waals surface area contributed by atoms with E-state index in [1.165, 1.54) is 17.3 Å². The molecule has 3 nitrogen and oxygen atoms in total. The van der Waals surface area contributed by atoms with Crippen molar-refractivity contribution in [3.05, 3.63) is 69.7 Å². The van der Waals surface area contributed by atoms with Crippen molar-refractivity contribution < 1.29 is 4.79 Å². The van der Waals surface area contributed by atoms with Gasteiger partial charge in [0.15, 0.2) is 0 Å². The van der Waals surface area contributed by atoms with Crippen LogP contribution in [0.5, 0.6) is 0 Å². The zero-order valence-electron chi connectivity index (χ0n) is 14.1. The molecule has 0 fully saturated rings. The first-order chi connectivity index (χ1) is 11.5. The summed E-state index contributed by atoms with van der Waals surface area (Å²) >= 11 is 7.62. The smallest absolute Gasteiger partial charge is 0.250 e. The van der Waals surface area contributed by atoms with E-state index in [0.717, 1.165) is 27.4 Å². The molecular weight excluding hydrogens is 340 g/mol. The minimum Gasteiger partial charge on any atom is -0.272 e. The Morgan fingerprint density at radius 3 is 2.71 bits per heavy atom. The number of aryl methyl sites for hydroxylation is 2. The summed E-state index contributed by atoms with van der Waals surface area (Å²) < 4.78 is 0. The third kappa shape index (κ3) is 5.39. The molecule has 0 aliphatic rings. The number of nitrogens with zero attached hydrogens (tertiary/aromatic N) is 1. The van der Waals surface area contributed by atoms with E-state index < -0.39 is 0 Å². The van der Waals surface area contributed by atoms with E-state index in [9.17, 15) is 4.79 Å². The molecule has 0 saturated carbocycles. The largest absolute Gasteiger partial charge is 0.272 e. The standard InChI is InChI=1S/C19H21ClN2OS/c1-13-8-9-14(2)17(10-13)15(3)21-22-19(23)12-24-11-16-6-4-5-7-18(16)20/h4-10H,11-12H2,1-3H3,(H,22,23)/b21-15-. The molecule has 0 aliphatic carbocycles. The Morgan fingerprint density at radius 1 is 1.21 bits per heavy atom. The molecule has 0 aromatic heterocycles. The van der Waals surface area contributed by atoms with Gasteiger partial charge >= 0.3 is 0 Å². The minimum absolute atomic E-state index is 0.114. The molecule has 24 heavy (non-hydrogen) atoms. The average Bonchev–Trinajstić information content (AvgIpc) is 2.56. The monoisotopic (exact) mass is 360 g/mol. The predicted molar refractivity (Wildman–Crippen MR) is 104 cm³/mol. The summed E-state index contributed by atoms with van der Waals surface area (Å²) in [4.78, 5) is 11.9. The molecule has 2 rings (SSSR count). The van der Waals surface area contributed by atoms with Crippen LogP contribution in [-0.2, 0) is 10.5 Å². The SMILES string of the molecule is C/C(=N/NC(=O)CSCc1ccccc1Cl)c1cc(C)ccc1C. The normalized spacial score (nSPS) is 11.4. The lowest BCUT2D eigenvalue weighted by atomic mass is 10.0. The molecule has 126 valence electrons.